The quantitative estimate of drug-likeness (QED) is 0.454. The van der Waals surface area contributed by atoms with E-state index in [2.05, 4.69) is 41.0 Å². The summed E-state index contributed by atoms with van der Waals surface area (Å²) in [5.41, 5.74) is 5.34. The molecule has 1 saturated heterocycles. The van der Waals surface area contributed by atoms with Gasteiger partial charge in [-0.1, -0.05) is 36.4 Å². The first-order valence-corrected chi connectivity index (χ1v) is 11.5. The number of rotatable bonds is 6. The molecular formula is C27H30N4O2. The van der Waals surface area contributed by atoms with Crippen LogP contribution in [0, 0.1) is 6.92 Å². The predicted molar refractivity (Wildman–Crippen MR) is 134 cm³/mol. The van der Waals surface area contributed by atoms with Gasteiger partial charge in [0, 0.05) is 51.0 Å². The van der Waals surface area contributed by atoms with Gasteiger partial charge in [-0.2, -0.15) is 0 Å². The molecule has 0 atom stereocenters. The molecule has 0 spiro atoms. The van der Waals surface area contributed by atoms with E-state index in [0.29, 0.717) is 6.54 Å². The molecule has 1 aliphatic rings. The highest BCUT2D eigenvalue weighted by atomic mass is 16.5. The van der Waals surface area contributed by atoms with E-state index >= 15 is 0 Å². The van der Waals surface area contributed by atoms with Crippen LogP contribution in [0.4, 0.5) is 5.69 Å². The monoisotopic (exact) mass is 442 g/mol. The molecule has 0 radical (unpaired) electrons. The van der Waals surface area contributed by atoms with Crippen LogP contribution in [-0.2, 0) is 6.54 Å². The maximum atomic E-state index is 13.5. The van der Waals surface area contributed by atoms with Crippen LogP contribution >= 0.6 is 0 Å². The van der Waals surface area contributed by atoms with Crippen LogP contribution in [-0.4, -0.2) is 53.9 Å². The summed E-state index contributed by atoms with van der Waals surface area (Å²) in [6.45, 7) is 7.70. The zero-order valence-electron chi connectivity index (χ0n) is 19.3. The Hall–Kier alpha value is -3.51. The molecular weight excluding hydrogens is 412 g/mol. The Balaban J connectivity index is 1.35. The highest BCUT2D eigenvalue weighted by molar-refractivity contribution is 5.78. The fourth-order valence-corrected chi connectivity index (χ4v) is 4.80. The SMILES string of the molecule is COc1cccc(-n2c(=O)n(CCN3CCN(c4ccccc4C)CC3)c3ccccc32)c1. The van der Waals surface area contributed by atoms with E-state index in [-0.39, 0.29) is 5.69 Å². The first-order chi connectivity index (χ1) is 16.2. The van der Waals surface area contributed by atoms with E-state index in [1.807, 2.05) is 53.1 Å². The molecule has 1 aromatic heterocycles. The molecule has 5 rings (SSSR count). The fraction of sp³-hybridized carbons (Fsp3) is 0.296. The molecule has 6 heteroatoms. The van der Waals surface area contributed by atoms with Gasteiger partial charge < -0.3 is 9.64 Å². The van der Waals surface area contributed by atoms with E-state index in [1.54, 1.807) is 11.7 Å². The second kappa shape index (κ2) is 9.16. The maximum Gasteiger partial charge on any atom is 0.333 e. The average molecular weight is 443 g/mol. The zero-order valence-corrected chi connectivity index (χ0v) is 19.3. The molecule has 0 unspecified atom stereocenters. The molecule has 33 heavy (non-hydrogen) atoms. The first-order valence-electron chi connectivity index (χ1n) is 11.5. The van der Waals surface area contributed by atoms with Crippen molar-refractivity contribution >= 4 is 16.7 Å². The van der Waals surface area contributed by atoms with E-state index in [1.165, 1.54) is 11.3 Å². The van der Waals surface area contributed by atoms with Gasteiger partial charge in [-0.15, -0.1) is 0 Å². The highest BCUT2D eigenvalue weighted by Gasteiger charge is 2.20. The number of aryl methyl sites for hydroxylation is 1. The number of methoxy groups -OCH3 is 1. The number of piperazine rings is 1. The van der Waals surface area contributed by atoms with E-state index < -0.39 is 0 Å². The minimum absolute atomic E-state index is 0.0111. The topological polar surface area (TPSA) is 42.6 Å². The summed E-state index contributed by atoms with van der Waals surface area (Å²) in [5, 5.41) is 0. The van der Waals surface area contributed by atoms with E-state index in [0.717, 1.165) is 55.2 Å². The number of para-hydroxylation sites is 3. The Bertz CT molecular complexity index is 1320. The summed E-state index contributed by atoms with van der Waals surface area (Å²) in [4.78, 5) is 18.4. The van der Waals surface area contributed by atoms with Gasteiger partial charge in [0.05, 0.1) is 23.8 Å². The lowest BCUT2D eigenvalue weighted by Gasteiger charge is -2.36. The molecule has 170 valence electrons. The Morgan fingerprint density at radius 2 is 1.55 bits per heavy atom. The number of anilines is 1. The van der Waals surface area contributed by atoms with Gasteiger partial charge in [0.15, 0.2) is 0 Å². The van der Waals surface area contributed by atoms with Gasteiger partial charge in [0.1, 0.15) is 5.75 Å². The van der Waals surface area contributed by atoms with Crippen molar-refractivity contribution in [3.05, 3.63) is 88.8 Å². The van der Waals surface area contributed by atoms with Crippen LogP contribution in [0.25, 0.3) is 16.7 Å². The van der Waals surface area contributed by atoms with Crippen molar-refractivity contribution in [2.75, 3.05) is 44.7 Å². The second-order valence-corrected chi connectivity index (χ2v) is 8.57. The molecule has 1 aliphatic heterocycles. The maximum absolute atomic E-state index is 13.5. The molecule has 6 nitrogen and oxygen atoms in total. The minimum atomic E-state index is -0.0111. The number of benzene rings is 3. The van der Waals surface area contributed by atoms with Crippen molar-refractivity contribution in [3.63, 3.8) is 0 Å². The Morgan fingerprint density at radius 3 is 2.30 bits per heavy atom. The number of fused-ring (bicyclic) bond motifs is 1. The smallest absolute Gasteiger partial charge is 0.333 e. The summed E-state index contributed by atoms with van der Waals surface area (Å²) < 4.78 is 9.07. The van der Waals surface area contributed by atoms with Crippen molar-refractivity contribution in [1.29, 1.82) is 0 Å². The average Bonchev–Trinajstić information content (AvgIpc) is 3.14. The first kappa shape index (κ1) is 21.3. The van der Waals surface area contributed by atoms with Gasteiger partial charge in [-0.05, 0) is 42.8 Å². The van der Waals surface area contributed by atoms with Gasteiger partial charge >= 0.3 is 5.69 Å². The summed E-state index contributed by atoms with van der Waals surface area (Å²) >= 11 is 0. The van der Waals surface area contributed by atoms with Gasteiger partial charge in [-0.3, -0.25) is 14.0 Å². The van der Waals surface area contributed by atoms with Crippen LogP contribution in [0.2, 0.25) is 0 Å². The number of hydrogen-bond donors (Lipinski definition) is 0. The fourth-order valence-electron chi connectivity index (χ4n) is 4.80. The zero-order chi connectivity index (χ0) is 22.8. The Morgan fingerprint density at radius 1 is 0.818 bits per heavy atom. The molecule has 0 amide bonds. The standard InChI is InChI=1S/C27H30N4O2/c1-21-8-3-4-11-24(21)29-17-14-28(15-18-29)16-19-30-25-12-5-6-13-26(25)31(27(30)32)22-9-7-10-23(20-22)33-2/h3-13,20H,14-19H2,1-2H3. The van der Waals surface area contributed by atoms with Crippen molar-refractivity contribution in [3.8, 4) is 11.4 Å². The predicted octanol–water partition coefficient (Wildman–Crippen LogP) is 3.93. The van der Waals surface area contributed by atoms with Crippen LogP contribution in [0.5, 0.6) is 5.75 Å². The van der Waals surface area contributed by atoms with E-state index in [9.17, 15) is 4.79 Å². The van der Waals surface area contributed by atoms with Crippen molar-refractivity contribution in [1.82, 2.24) is 14.0 Å². The second-order valence-electron chi connectivity index (χ2n) is 8.57. The molecule has 0 bridgehead atoms. The van der Waals surface area contributed by atoms with Crippen molar-refractivity contribution in [2.24, 2.45) is 0 Å². The lowest BCUT2D eigenvalue weighted by Crippen LogP contribution is -2.47. The van der Waals surface area contributed by atoms with Crippen LogP contribution < -0.4 is 15.3 Å². The molecule has 1 fully saturated rings. The molecule has 2 heterocycles. The number of aromatic nitrogens is 2. The molecule has 3 aromatic carbocycles. The summed E-state index contributed by atoms with van der Waals surface area (Å²) in [6, 6.07) is 24.3. The Kier molecular flexibility index (Phi) is 5.92. The van der Waals surface area contributed by atoms with Crippen molar-refractivity contribution in [2.45, 2.75) is 13.5 Å². The molecule has 0 saturated carbocycles. The van der Waals surface area contributed by atoms with Crippen LogP contribution in [0.1, 0.15) is 5.56 Å². The number of hydrogen-bond acceptors (Lipinski definition) is 4. The highest BCUT2D eigenvalue weighted by Crippen LogP contribution is 2.22. The van der Waals surface area contributed by atoms with Gasteiger partial charge in [0.25, 0.3) is 0 Å². The van der Waals surface area contributed by atoms with Crippen LogP contribution in [0.3, 0.4) is 0 Å². The molecule has 0 N–H and O–H groups in total. The van der Waals surface area contributed by atoms with Crippen molar-refractivity contribution < 1.29 is 4.74 Å². The molecule has 0 aliphatic carbocycles. The molecule has 4 aromatic rings. The number of ether oxygens (including phenoxy) is 1. The lowest BCUT2D eigenvalue weighted by molar-refractivity contribution is 0.248. The summed E-state index contributed by atoms with van der Waals surface area (Å²) in [5.74, 6) is 0.739. The third-order valence-electron chi connectivity index (χ3n) is 6.62. The number of nitrogens with zero attached hydrogens (tertiary/aromatic N) is 4. The summed E-state index contributed by atoms with van der Waals surface area (Å²) in [7, 11) is 1.64. The lowest BCUT2D eigenvalue weighted by atomic mass is 10.1. The third kappa shape index (κ3) is 4.14. The summed E-state index contributed by atoms with van der Waals surface area (Å²) in [6.07, 6.45) is 0. The minimum Gasteiger partial charge on any atom is -0.497 e. The largest absolute Gasteiger partial charge is 0.497 e. The van der Waals surface area contributed by atoms with Crippen LogP contribution in [0.15, 0.2) is 77.6 Å². The van der Waals surface area contributed by atoms with Gasteiger partial charge in [0.2, 0.25) is 0 Å². The van der Waals surface area contributed by atoms with E-state index in [4.69, 9.17) is 4.74 Å². The third-order valence-corrected chi connectivity index (χ3v) is 6.62. The number of imidazole rings is 1. The van der Waals surface area contributed by atoms with Gasteiger partial charge in [-0.25, -0.2) is 4.79 Å². The normalized spacial score (nSPS) is 14.7. The Labute approximate surface area is 194 Å².